The second-order valence-corrected chi connectivity index (χ2v) is 14.9. The van der Waals surface area contributed by atoms with Crippen molar-refractivity contribution in [2.45, 2.75) is 65.2 Å². The van der Waals surface area contributed by atoms with Crippen molar-refractivity contribution in [2.75, 3.05) is 30.7 Å². The Morgan fingerprint density at radius 3 is 2.08 bits per heavy atom. The van der Waals surface area contributed by atoms with E-state index in [1.54, 1.807) is 19.4 Å². The molecule has 49 heavy (non-hydrogen) atoms. The van der Waals surface area contributed by atoms with Crippen molar-refractivity contribution in [2.24, 2.45) is 5.92 Å². The second-order valence-electron chi connectivity index (χ2n) is 12.2. The fourth-order valence-corrected chi connectivity index (χ4v) is 5.95. The summed E-state index contributed by atoms with van der Waals surface area (Å²) in [5, 5.41) is 16.4. The lowest BCUT2D eigenvalue weighted by molar-refractivity contribution is -0.130. The minimum Gasteiger partial charge on any atom is -0.355 e. The molecule has 0 radical (unpaired) electrons. The average molecular weight is 714 g/mol. The summed E-state index contributed by atoms with van der Waals surface area (Å²) in [5.41, 5.74) is 3.59. The van der Waals surface area contributed by atoms with Crippen molar-refractivity contribution in [3.05, 3.63) is 81.8 Å². The van der Waals surface area contributed by atoms with Crippen molar-refractivity contribution in [1.29, 1.82) is 0 Å². The van der Waals surface area contributed by atoms with Crippen LogP contribution in [0.15, 0.2) is 59.4 Å². The zero-order valence-electron chi connectivity index (χ0n) is 28.9. The number of anilines is 1. The van der Waals surface area contributed by atoms with Gasteiger partial charge in [-0.3, -0.25) is 23.5 Å². The van der Waals surface area contributed by atoms with Crippen LogP contribution in [-0.4, -0.2) is 81.5 Å². The number of likely N-dealkylation sites (N-methyl/N-ethyl adjacent to an activating group) is 1. The van der Waals surface area contributed by atoms with Crippen LogP contribution in [-0.2, 0) is 26.0 Å². The zero-order valence-corrected chi connectivity index (χ0v) is 30.6. The van der Waals surface area contributed by atoms with Gasteiger partial charge in [0.05, 0.1) is 35.2 Å². The molecule has 0 aliphatic heterocycles. The molecule has 0 bridgehead atoms. The van der Waals surface area contributed by atoms with Gasteiger partial charge in [-0.2, -0.15) is 0 Å². The van der Waals surface area contributed by atoms with Crippen molar-refractivity contribution in [1.82, 2.24) is 31.6 Å². The molecule has 0 aliphatic carbocycles. The van der Waals surface area contributed by atoms with Crippen LogP contribution in [0.5, 0.6) is 0 Å². The molecule has 1 aromatic heterocycles. The second kappa shape index (κ2) is 17.9. The van der Waals surface area contributed by atoms with Crippen molar-refractivity contribution >= 4 is 50.7 Å². The van der Waals surface area contributed by atoms with E-state index in [1.165, 1.54) is 36.6 Å². The average Bonchev–Trinajstić information content (AvgIpc) is 3.58. The Hall–Kier alpha value is -4.34. The Labute approximate surface area is 292 Å². The topological polar surface area (TPSA) is 179 Å². The predicted molar refractivity (Wildman–Crippen MR) is 192 cm³/mol. The highest BCUT2D eigenvalue weighted by Gasteiger charge is 2.27. The summed E-state index contributed by atoms with van der Waals surface area (Å²) >= 11 is 1.40. The quantitative estimate of drug-likeness (QED) is 0.142. The molecule has 0 aliphatic rings. The molecular weight excluding hydrogens is 667 g/mol. The minimum atomic E-state index is -3.72. The molecule has 15 heteroatoms. The minimum absolute atomic E-state index is 0.0706. The van der Waals surface area contributed by atoms with Crippen LogP contribution in [0, 0.1) is 5.92 Å². The first-order chi connectivity index (χ1) is 23.1. The number of thiazole rings is 1. The molecule has 266 valence electrons. The van der Waals surface area contributed by atoms with Crippen LogP contribution in [0.25, 0.3) is 0 Å². The highest BCUT2D eigenvalue weighted by Crippen LogP contribution is 2.22. The number of nitrogens with zero attached hydrogens (tertiary/aromatic N) is 2. The largest absolute Gasteiger partial charge is 0.355 e. The van der Waals surface area contributed by atoms with Gasteiger partial charge < -0.3 is 26.6 Å². The van der Waals surface area contributed by atoms with E-state index in [2.05, 4.69) is 31.6 Å². The maximum absolute atomic E-state index is 13.8. The van der Waals surface area contributed by atoms with Crippen molar-refractivity contribution < 1.29 is 27.6 Å². The molecule has 5 N–H and O–H groups in total. The Morgan fingerprint density at radius 2 is 1.53 bits per heavy atom. The molecule has 1 heterocycles. The Morgan fingerprint density at radius 1 is 0.898 bits per heavy atom. The molecule has 13 nitrogen and oxygen atoms in total. The smallest absolute Gasteiger partial charge is 0.251 e. The van der Waals surface area contributed by atoms with Crippen LogP contribution < -0.4 is 30.9 Å². The first-order valence-corrected chi connectivity index (χ1v) is 18.8. The summed E-state index contributed by atoms with van der Waals surface area (Å²) in [6.07, 6.45) is 1.36. The Balaban J connectivity index is 1.84. The fraction of sp³-hybridized carbons (Fsp3) is 0.441. The molecule has 0 fully saturated rings. The van der Waals surface area contributed by atoms with Crippen molar-refractivity contribution in [3.8, 4) is 0 Å². The molecule has 0 unspecified atom stereocenters. The zero-order chi connectivity index (χ0) is 36.3. The lowest BCUT2D eigenvalue weighted by atomic mass is 10.0. The fourth-order valence-electron chi connectivity index (χ4n) is 4.89. The van der Waals surface area contributed by atoms with E-state index in [0.29, 0.717) is 13.0 Å². The lowest BCUT2D eigenvalue weighted by Gasteiger charge is -2.25. The van der Waals surface area contributed by atoms with Gasteiger partial charge >= 0.3 is 0 Å². The standard InChI is InChI=1S/C34H47N7O6S2/c1-8-35-34(45)30(21(2)3)40-31(42)23(5)36-18-27(17-28-19-48-20-37-28)39-33(44)26-14-25(15-29(16-26)41(6)49(7,46)47)32(43)38-22(4)24-12-10-9-11-13-24/h9-16,19-23,27,30,36H,8,17-18H2,1-7H3,(H,35,45)(H,38,43)(H,39,44)(H,40,42)/t22-,23+,27+,30+/m1/s1. The normalized spacial score (nSPS) is 13.9. The first-order valence-electron chi connectivity index (χ1n) is 16.0. The van der Waals surface area contributed by atoms with E-state index in [9.17, 15) is 27.6 Å². The molecule has 3 rings (SSSR count). The highest BCUT2D eigenvalue weighted by atomic mass is 32.2. The Kier molecular flexibility index (Phi) is 14.3. The highest BCUT2D eigenvalue weighted by molar-refractivity contribution is 7.92. The van der Waals surface area contributed by atoms with Gasteiger partial charge in [-0.1, -0.05) is 44.2 Å². The van der Waals surface area contributed by atoms with E-state index >= 15 is 0 Å². The summed E-state index contributed by atoms with van der Waals surface area (Å²) in [7, 11) is -2.38. The number of benzene rings is 2. The van der Waals surface area contributed by atoms with Gasteiger partial charge in [0.25, 0.3) is 11.8 Å². The van der Waals surface area contributed by atoms with E-state index in [4.69, 9.17) is 0 Å². The van der Waals surface area contributed by atoms with Gasteiger partial charge in [0.15, 0.2) is 0 Å². The van der Waals surface area contributed by atoms with Gasteiger partial charge in [0.2, 0.25) is 21.8 Å². The predicted octanol–water partition coefficient (Wildman–Crippen LogP) is 2.63. The number of sulfonamides is 1. The molecule has 0 saturated carbocycles. The molecule has 4 atom stereocenters. The number of carbonyl (C=O) groups is 4. The molecule has 0 saturated heterocycles. The third-order valence-electron chi connectivity index (χ3n) is 7.89. The van der Waals surface area contributed by atoms with Crippen LogP contribution in [0.1, 0.15) is 72.6 Å². The van der Waals surface area contributed by atoms with Crippen LogP contribution in [0.2, 0.25) is 0 Å². The van der Waals surface area contributed by atoms with E-state index in [-0.39, 0.29) is 47.1 Å². The number of nitrogens with one attached hydrogen (secondary N) is 5. The van der Waals surface area contributed by atoms with Crippen LogP contribution >= 0.6 is 11.3 Å². The van der Waals surface area contributed by atoms with Gasteiger partial charge in [-0.05, 0) is 50.5 Å². The number of hydrogen-bond donors (Lipinski definition) is 5. The number of carbonyl (C=O) groups excluding carboxylic acids is 4. The number of aromatic nitrogens is 1. The molecule has 3 aromatic rings. The van der Waals surface area contributed by atoms with Gasteiger partial charge in [0, 0.05) is 49.1 Å². The summed E-state index contributed by atoms with van der Waals surface area (Å²) in [5.74, 6) is -1.81. The first kappa shape index (κ1) is 39.1. The summed E-state index contributed by atoms with van der Waals surface area (Å²) < 4.78 is 25.9. The lowest BCUT2D eigenvalue weighted by Crippen LogP contribution is -2.55. The van der Waals surface area contributed by atoms with Gasteiger partial charge in [0.1, 0.15) is 6.04 Å². The monoisotopic (exact) mass is 713 g/mol. The van der Waals surface area contributed by atoms with Crippen LogP contribution in [0.4, 0.5) is 5.69 Å². The summed E-state index contributed by atoms with van der Waals surface area (Å²) in [6.45, 7) is 9.59. The van der Waals surface area contributed by atoms with Gasteiger partial charge in [-0.15, -0.1) is 11.3 Å². The van der Waals surface area contributed by atoms with E-state index in [1.807, 2.05) is 56.5 Å². The maximum Gasteiger partial charge on any atom is 0.251 e. The summed E-state index contributed by atoms with van der Waals surface area (Å²) in [6, 6.07) is 11.3. The number of rotatable bonds is 17. The molecular formula is C34H47N7O6S2. The summed E-state index contributed by atoms with van der Waals surface area (Å²) in [4.78, 5) is 57.1. The molecule has 2 aromatic carbocycles. The molecule has 0 spiro atoms. The Bertz CT molecular complexity index is 1680. The van der Waals surface area contributed by atoms with E-state index < -0.39 is 40.0 Å². The number of hydrogen-bond acceptors (Lipinski definition) is 9. The maximum atomic E-state index is 13.8. The third-order valence-corrected chi connectivity index (χ3v) is 9.73. The SMILES string of the molecule is CCNC(=O)[C@@H](NC(=O)[C@H](C)NC[C@H](Cc1cscn1)NC(=O)c1cc(C(=O)N[C@H](C)c2ccccc2)cc(N(C)S(C)(=O)=O)c1)C(C)C. The number of amides is 4. The van der Waals surface area contributed by atoms with E-state index in [0.717, 1.165) is 21.8 Å². The third kappa shape index (κ3) is 11.6. The van der Waals surface area contributed by atoms with Crippen molar-refractivity contribution in [3.63, 3.8) is 0 Å². The van der Waals surface area contributed by atoms with Gasteiger partial charge in [-0.25, -0.2) is 13.4 Å². The molecule has 4 amide bonds. The van der Waals surface area contributed by atoms with Crippen LogP contribution in [0.3, 0.4) is 0 Å².